The van der Waals surface area contributed by atoms with Gasteiger partial charge in [0.15, 0.2) is 9.84 Å². The van der Waals surface area contributed by atoms with Crippen LogP contribution in [0.3, 0.4) is 0 Å². The van der Waals surface area contributed by atoms with E-state index < -0.39 is 19.9 Å². The van der Waals surface area contributed by atoms with E-state index in [4.69, 9.17) is 0 Å². The van der Waals surface area contributed by atoms with E-state index in [1.165, 1.54) is 9.21 Å². The van der Waals surface area contributed by atoms with Crippen LogP contribution in [0.5, 0.6) is 0 Å². The molecule has 2 heterocycles. The van der Waals surface area contributed by atoms with Crippen molar-refractivity contribution in [3.8, 4) is 0 Å². The Morgan fingerprint density at radius 2 is 1.79 bits per heavy atom. The predicted octanol–water partition coefficient (Wildman–Crippen LogP) is -0.275. The molecule has 0 spiro atoms. The molecule has 0 aromatic carbocycles. The highest BCUT2D eigenvalue weighted by molar-refractivity contribution is 7.91. The van der Waals surface area contributed by atoms with Gasteiger partial charge < -0.3 is 9.80 Å². The van der Waals surface area contributed by atoms with Gasteiger partial charge in [-0.25, -0.2) is 21.6 Å². The lowest BCUT2D eigenvalue weighted by Crippen LogP contribution is -2.47. The number of sulfone groups is 1. The number of carbonyl (C=O) groups is 1. The van der Waals surface area contributed by atoms with Gasteiger partial charge in [-0.05, 0) is 25.7 Å². The maximum absolute atomic E-state index is 12.6. The Balaban J connectivity index is 1.60. The first-order chi connectivity index (χ1) is 11.2. The number of nitrogens with zero attached hydrogens (tertiary/aromatic N) is 3. The van der Waals surface area contributed by atoms with Crippen molar-refractivity contribution < 1.29 is 21.6 Å². The van der Waals surface area contributed by atoms with Crippen LogP contribution in [-0.2, 0) is 19.9 Å². The van der Waals surface area contributed by atoms with Crippen LogP contribution in [-0.4, -0.2) is 93.0 Å². The summed E-state index contributed by atoms with van der Waals surface area (Å²) in [6, 6.07) is -0.486. The lowest BCUT2D eigenvalue weighted by Gasteiger charge is -2.30. The lowest BCUT2D eigenvalue weighted by molar-refractivity contribution is 0.152. The summed E-state index contributed by atoms with van der Waals surface area (Å²) in [7, 11) is -4.62. The number of amides is 2. The van der Waals surface area contributed by atoms with Crippen molar-refractivity contribution in [3.63, 3.8) is 0 Å². The molecule has 0 aromatic rings. The molecule has 3 fully saturated rings. The summed E-state index contributed by atoms with van der Waals surface area (Å²) in [5.74, 6) is 0.147. The van der Waals surface area contributed by atoms with Gasteiger partial charge in [0, 0.05) is 39.3 Å². The van der Waals surface area contributed by atoms with Crippen LogP contribution in [0.2, 0.25) is 0 Å². The third-order valence-corrected chi connectivity index (χ3v) is 9.24. The van der Waals surface area contributed by atoms with Crippen molar-refractivity contribution in [2.45, 2.75) is 37.0 Å². The molecule has 0 aromatic heterocycles. The fourth-order valence-electron chi connectivity index (χ4n) is 3.38. The first-order valence-electron chi connectivity index (χ1n) is 8.42. The topological polar surface area (TPSA) is 95.1 Å². The molecule has 0 N–H and O–H groups in total. The first kappa shape index (κ1) is 17.9. The predicted molar refractivity (Wildman–Crippen MR) is 89.9 cm³/mol. The van der Waals surface area contributed by atoms with E-state index in [0.717, 1.165) is 12.8 Å². The fourth-order valence-corrected chi connectivity index (χ4v) is 7.02. The maximum atomic E-state index is 12.6. The third kappa shape index (κ3) is 3.70. The van der Waals surface area contributed by atoms with E-state index in [2.05, 4.69) is 0 Å². The van der Waals surface area contributed by atoms with Crippen molar-refractivity contribution >= 4 is 25.9 Å². The highest BCUT2D eigenvalue weighted by Gasteiger charge is 2.41. The molecule has 24 heavy (non-hydrogen) atoms. The number of urea groups is 1. The molecule has 1 aliphatic carbocycles. The van der Waals surface area contributed by atoms with Crippen LogP contribution >= 0.6 is 0 Å². The maximum Gasteiger partial charge on any atom is 0.320 e. The molecule has 1 saturated carbocycles. The molecule has 138 valence electrons. The summed E-state index contributed by atoms with van der Waals surface area (Å²) < 4.78 is 49.4. The van der Waals surface area contributed by atoms with E-state index in [1.54, 1.807) is 11.9 Å². The Bertz CT molecular complexity index is 702. The molecule has 3 aliphatic rings. The minimum absolute atomic E-state index is 0.0191. The molecule has 8 nitrogen and oxygen atoms in total. The zero-order chi connectivity index (χ0) is 17.5. The van der Waals surface area contributed by atoms with Gasteiger partial charge in [0.2, 0.25) is 10.0 Å². The summed E-state index contributed by atoms with van der Waals surface area (Å²) >= 11 is 0. The van der Waals surface area contributed by atoms with Gasteiger partial charge in [0.05, 0.1) is 16.8 Å². The molecular formula is C14H25N3O5S2. The van der Waals surface area contributed by atoms with Gasteiger partial charge in [-0.2, -0.15) is 4.31 Å². The minimum Gasteiger partial charge on any atom is -0.324 e. The van der Waals surface area contributed by atoms with Gasteiger partial charge in [-0.15, -0.1) is 0 Å². The molecule has 1 atom stereocenters. The second-order valence-corrected chi connectivity index (χ2v) is 11.4. The second-order valence-electron chi connectivity index (χ2n) is 6.93. The molecular weight excluding hydrogens is 354 g/mol. The average Bonchev–Trinajstić information content (AvgIpc) is 3.32. The Morgan fingerprint density at radius 1 is 1.08 bits per heavy atom. The standard InChI is InChI=1S/C14H25N3O5S2/c1-15(12-5-10-23(19,20)11-12)14(18)16-6-2-7-17(9-8-16)24(21,22)13-3-4-13/h12-13H,2-11H2,1H3. The van der Waals surface area contributed by atoms with Gasteiger partial charge in [-0.1, -0.05) is 0 Å². The van der Waals surface area contributed by atoms with Gasteiger partial charge in [-0.3, -0.25) is 0 Å². The summed E-state index contributed by atoms with van der Waals surface area (Å²) in [5, 5.41) is -0.230. The van der Waals surface area contributed by atoms with Crippen LogP contribution in [0.25, 0.3) is 0 Å². The van der Waals surface area contributed by atoms with E-state index >= 15 is 0 Å². The normalized spacial score (nSPS) is 28.5. The SMILES string of the molecule is CN(C(=O)N1CCCN(S(=O)(=O)C2CC2)CC1)C1CCS(=O)(=O)C1. The van der Waals surface area contributed by atoms with Crippen molar-refractivity contribution in [2.75, 3.05) is 44.7 Å². The average molecular weight is 380 g/mol. The Labute approximate surface area is 143 Å². The largest absolute Gasteiger partial charge is 0.324 e. The van der Waals surface area contributed by atoms with Crippen LogP contribution in [0.4, 0.5) is 4.79 Å². The molecule has 2 saturated heterocycles. The van der Waals surface area contributed by atoms with Crippen LogP contribution in [0, 0.1) is 0 Å². The van der Waals surface area contributed by atoms with Crippen LogP contribution in [0.1, 0.15) is 25.7 Å². The number of carbonyl (C=O) groups excluding carboxylic acids is 1. The van der Waals surface area contributed by atoms with E-state index in [-0.39, 0.29) is 28.8 Å². The van der Waals surface area contributed by atoms with Crippen molar-refractivity contribution in [1.29, 1.82) is 0 Å². The van der Waals surface area contributed by atoms with E-state index in [1.807, 2.05) is 0 Å². The van der Waals surface area contributed by atoms with Gasteiger partial charge >= 0.3 is 6.03 Å². The first-order valence-corrected chi connectivity index (χ1v) is 11.7. The quantitative estimate of drug-likeness (QED) is 0.672. The summed E-state index contributed by atoms with van der Waals surface area (Å²) in [6.45, 7) is 1.62. The summed E-state index contributed by atoms with van der Waals surface area (Å²) in [6.07, 6.45) is 2.55. The number of sulfonamides is 1. The highest BCUT2D eigenvalue weighted by Crippen LogP contribution is 2.31. The summed E-state index contributed by atoms with van der Waals surface area (Å²) in [4.78, 5) is 15.8. The molecule has 1 unspecified atom stereocenters. The molecule has 2 amide bonds. The minimum atomic E-state index is -3.21. The lowest BCUT2D eigenvalue weighted by atomic mass is 10.2. The number of hydrogen-bond acceptors (Lipinski definition) is 5. The van der Waals surface area contributed by atoms with Crippen LogP contribution < -0.4 is 0 Å². The zero-order valence-electron chi connectivity index (χ0n) is 13.9. The Hall–Kier alpha value is -0.870. The Morgan fingerprint density at radius 3 is 2.38 bits per heavy atom. The van der Waals surface area contributed by atoms with Crippen molar-refractivity contribution in [3.05, 3.63) is 0 Å². The smallest absolute Gasteiger partial charge is 0.320 e. The van der Waals surface area contributed by atoms with Gasteiger partial charge in [0.1, 0.15) is 0 Å². The highest BCUT2D eigenvalue weighted by atomic mass is 32.2. The van der Waals surface area contributed by atoms with Crippen molar-refractivity contribution in [1.82, 2.24) is 14.1 Å². The molecule has 0 bridgehead atoms. The molecule has 0 radical (unpaired) electrons. The van der Waals surface area contributed by atoms with E-state index in [9.17, 15) is 21.6 Å². The van der Waals surface area contributed by atoms with E-state index in [0.29, 0.717) is 39.0 Å². The number of rotatable bonds is 3. The summed E-state index contributed by atoms with van der Waals surface area (Å²) in [5.41, 5.74) is 0. The zero-order valence-corrected chi connectivity index (χ0v) is 15.6. The van der Waals surface area contributed by atoms with Gasteiger partial charge in [0.25, 0.3) is 0 Å². The Kier molecular flexibility index (Phi) is 4.82. The fraction of sp³-hybridized carbons (Fsp3) is 0.929. The molecule has 2 aliphatic heterocycles. The molecule has 3 rings (SSSR count). The van der Waals surface area contributed by atoms with Crippen LogP contribution in [0.15, 0.2) is 0 Å². The third-order valence-electron chi connectivity index (χ3n) is 5.09. The molecule has 10 heteroatoms. The number of hydrogen-bond donors (Lipinski definition) is 0. The monoisotopic (exact) mass is 379 g/mol. The van der Waals surface area contributed by atoms with Crippen molar-refractivity contribution in [2.24, 2.45) is 0 Å². The second kappa shape index (κ2) is 6.45.